The van der Waals surface area contributed by atoms with Crippen LogP contribution in [0.15, 0.2) is 29.4 Å². The van der Waals surface area contributed by atoms with Crippen molar-refractivity contribution in [3.05, 3.63) is 40.6 Å². The molecule has 5 heteroatoms. The van der Waals surface area contributed by atoms with E-state index in [0.717, 1.165) is 0 Å². The maximum atomic E-state index is 12.8. The molecule has 1 aromatic carbocycles. The van der Waals surface area contributed by atoms with Gasteiger partial charge in [0.15, 0.2) is 5.37 Å². The third-order valence-electron chi connectivity index (χ3n) is 1.58. The molecule has 0 radical (unpaired) electrons. The van der Waals surface area contributed by atoms with Gasteiger partial charge in [-0.05, 0) is 17.7 Å². The molecule has 0 bridgehead atoms. The molecular formula is C9H9ClFNOS. The molecule has 1 atom stereocenters. The molecule has 0 saturated heterocycles. The number of halogens is 2. The second kappa shape index (κ2) is 5.98. The molecule has 14 heavy (non-hydrogen) atoms. The van der Waals surface area contributed by atoms with E-state index in [4.69, 9.17) is 11.6 Å². The number of rotatable bonds is 5. The predicted octanol–water partition coefficient (Wildman–Crippen LogP) is 3.56. The van der Waals surface area contributed by atoms with E-state index in [0.29, 0.717) is 17.2 Å². The van der Waals surface area contributed by atoms with Crippen molar-refractivity contribution in [3.8, 4) is 0 Å². The summed E-state index contributed by atoms with van der Waals surface area (Å²) in [7, 11) is 0. The fraction of sp³-hybridized carbons (Fsp3) is 0.333. The van der Waals surface area contributed by atoms with Crippen LogP contribution in [0.3, 0.4) is 0 Å². The van der Waals surface area contributed by atoms with Crippen LogP contribution in [0.4, 0.5) is 4.39 Å². The van der Waals surface area contributed by atoms with Crippen molar-refractivity contribution in [1.29, 1.82) is 0 Å². The van der Waals surface area contributed by atoms with E-state index in [1.807, 2.05) is 0 Å². The van der Waals surface area contributed by atoms with Gasteiger partial charge in [0.1, 0.15) is 5.82 Å². The molecule has 0 saturated carbocycles. The minimum atomic E-state index is -0.565. The number of alkyl halides is 1. The van der Waals surface area contributed by atoms with Gasteiger partial charge in [-0.3, -0.25) is 0 Å². The normalized spacial score (nSPS) is 12.4. The molecule has 1 aromatic rings. The Hall–Kier alpha value is -0.610. The first-order valence-electron chi connectivity index (χ1n) is 4.03. The van der Waals surface area contributed by atoms with E-state index in [1.165, 1.54) is 23.9 Å². The second-order valence-electron chi connectivity index (χ2n) is 2.57. The lowest BCUT2D eigenvalue weighted by Gasteiger charge is -2.07. The van der Waals surface area contributed by atoms with Crippen molar-refractivity contribution < 1.29 is 4.39 Å². The Morgan fingerprint density at radius 3 is 2.93 bits per heavy atom. The molecule has 1 rings (SSSR count). The van der Waals surface area contributed by atoms with E-state index in [-0.39, 0.29) is 5.82 Å². The van der Waals surface area contributed by atoms with E-state index in [2.05, 4.69) is 5.18 Å². The van der Waals surface area contributed by atoms with E-state index >= 15 is 0 Å². The summed E-state index contributed by atoms with van der Waals surface area (Å²) < 4.78 is 12.8. The lowest BCUT2D eigenvalue weighted by atomic mass is 10.2. The number of hydrogen-bond acceptors (Lipinski definition) is 3. The Labute approximate surface area is 90.8 Å². The summed E-state index contributed by atoms with van der Waals surface area (Å²) in [4.78, 5) is 10.5. The van der Waals surface area contributed by atoms with Crippen LogP contribution in [-0.4, -0.2) is 11.6 Å². The number of thioether (sulfide) groups is 1. The second-order valence-corrected chi connectivity index (χ2v) is 4.14. The zero-order chi connectivity index (χ0) is 10.4. The SMILES string of the molecule is O=NC(SCCCl)c1cccc(F)c1. The molecule has 0 N–H and O–H groups in total. The van der Waals surface area contributed by atoms with Gasteiger partial charge < -0.3 is 0 Å². The van der Waals surface area contributed by atoms with Crippen LogP contribution < -0.4 is 0 Å². The largest absolute Gasteiger partial charge is 0.207 e. The summed E-state index contributed by atoms with van der Waals surface area (Å²) in [6, 6.07) is 5.88. The van der Waals surface area contributed by atoms with Crippen molar-refractivity contribution in [3.63, 3.8) is 0 Å². The summed E-state index contributed by atoms with van der Waals surface area (Å²) in [5.74, 6) is 0.711. The van der Waals surface area contributed by atoms with Gasteiger partial charge in [0, 0.05) is 11.6 Å². The van der Waals surface area contributed by atoms with Crippen LogP contribution >= 0.6 is 23.4 Å². The first-order chi connectivity index (χ1) is 6.77. The van der Waals surface area contributed by atoms with Gasteiger partial charge in [0.05, 0.1) is 0 Å². The Morgan fingerprint density at radius 1 is 1.57 bits per heavy atom. The molecule has 0 amide bonds. The van der Waals surface area contributed by atoms with Crippen LogP contribution in [0, 0.1) is 10.7 Å². The van der Waals surface area contributed by atoms with Gasteiger partial charge in [-0.25, -0.2) is 4.39 Å². The molecule has 0 heterocycles. The monoisotopic (exact) mass is 233 g/mol. The molecule has 0 aliphatic heterocycles. The van der Waals surface area contributed by atoms with Crippen molar-refractivity contribution in [2.45, 2.75) is 5.37 Å². The molecule has 0 aromatic heterocycles. The van der Waals surface area contributed by atoms with Crippen molar-refractivity contribution in [2.75, 3.05) is 11.6 Å². The fourth-order valence-corrected chi connectivity index (χ4v) is 1.98. The van der Waals surface area contributed by atoms with Gasteiger partial charge in [-0.15, -0.1) is 28.3 Å². The van der Waals surface area contributed by atoms with E-state index < -0.39 is 5.37 Å². The van der Waals surface area contributed by atoms with Gasteiger partial charge in [0.25, 0.3) is 0 Å². The number of nitroso groups, excluding NO2 is 1. The predicted molar refractivity (Wildman–Crippen MR) is 58.1 cm³/mol. The summed E-state index contributed by atoms with van der Waals surface area (Å²) >= 11 is 6.79. The molecule has 0 spiro atoms. The Balaban J connectivity index is 2.73. The quantitative estimate of drug-likeness (QED) is 0.575. The number of hydrogen-bond donors (Lipinski definition) is 0. The highest BCUT2D eigenvalue weighted by molar-refractivity contribution is 7.99. The molecular weight excluding hydrogens is 225 g/mol. The Kier molecular flexibility index (Phi) is 4.90. The molecule has 1 unspecified atom stereocenters. The van der Waals surface area contributed by atoms with Crippen molar-refractivity contribution in [2.24, 2.45) is 5.18 Å². The standard InChI is InChI=1S/C9H9ClFNOS/c10-4-5-14-9(12-13)7-2-1-3-8(11)6-7/h1-3,6,9H,4-5H2. The maximum Gasteiger partial charge on any atom is 0.162 e. The zero-order valence-corrected chi connectivity index (χ0v) is 8.89. The van der Waals surface area contributed by atoms with Crippen LogP contribution in [0.2, 0.25) is 0 Å². The molecule has 0 aliphatic carbocycles. The highest BCUT2D eigenvalue weighted by Crippen LogP contribution is 2.30. The van der Waals surface area contributed by atoms with E-state index in [9.17, 15) is 9.30 Å². The minimum Gasteiger partial charge on any atom is -0.207 e. The molecule has 0 fully saturated rings. The Morgan fingerprint density at radius 2 is 2.36 bits per heavy atom. The first kappa shape index (κ1) is 11.5. The smallest absolute Gasteiger partial charge is 0.162 e. The van der Waals surface area contributed by atoms with Gasteiger partial charge >= 0.3 is 0 Å². The van der Waals surface area contributed by atoms with Gasteiger partial charge in [-0.2, -0.15) is 0 Å². The average molecular weight is 234 g/mol. The third kappa shape index (κ3) is 3.27. The lowest BCUT2D eigenvalue weighted by Crippen LogP contribution is -1.93. The number of benzene rings is 1. The summed E-state index contributed by atoms with van der Waals surface area (Å²) in [5.41, 5.74) is 0.579. The molecule has 76 valence electrons. The highest BCUT2D eigenvalue weighted by Gasteiger charge is 2.11. The van der Waals surface area contributed by atoms with Gasteiger partial charge in [0.2, 0.25) is 0 Å². The summed E-state index contributed by atoms with van der Waals surface area (Å²) in [6.45, 7) is 0. The van der Waals surface area contributed by atoms with Crippen LogP contribution in [0.25, 0.3) is 0 Å². The first-order valence-corrected chi connectivity index (χ1v) is 5.61. The molecule has 0 aliphatic rings. The average Bonchev–Trinajstić information content (AvgIpc) is 2.19. The summed E-state index contributed by atoms with van der Waals surface area (Å²) in [5, 5.41) is 2.36. The van der Waals surface area contributed by atoms with Gasteiger partial charge in [-0.1, -0.05) is 17.3 Å². The van der Waals surface area contributed by atoms with Crippen molar-refractivity contribution >= 4 is 23.4 Å². The third-order valence-corrected chi connectivity index (χ3v) is 3.11. The van der Waals surface area contributed by atoms with Crippen LogP contribution in [0.1, 0.15) is 10.9 Å². The maximum absolute atomic E-state index is 12.8. The number of nitrogens with zero attached hydrogens (tertiary/aromatic N) is 1. The van der Waals surface area contributed by atoms with E-state index in [1.54, 1.807) is 12.1 Å². The minimum absolute atomic E-state index is 0.359. The fourth-order valence-electron chi connectivity index (χ4n) is 1.00. The topological polar surface area (TPSA) is 29.4 Å². The summed E-state index contributed by atoms with van der Waals surface area (Å²) in [6.07, 6.45) is 0. The van der Waals surface area contributed by atoms with Crippen LogP contribution in [-0.2, 0) is 0 Å². The van der Waals surface area contributed by atoms with Crippen LogP contribution in [0.5, 0.6) is 0 Å². The Bertz CT molecular complexity index is 311. The zero-order valence-electron chi connectivity index (χ0n) is 7.32. The molecule has 2 nitrogen and oxygen atoms in total. The lowest BCUT2D eigenvalue weighted by molar-refractivity contribution is 0.625. The highest BCUT2D eigenvalue weighted by atomic mass is 35.5. The van der Waals surface area contributed by atoms with Crippen molar-refractivity contribution in [1.82, 2.24) is 0 Å².